The minimum absolute atomic E-state index is 0.124. The van der Waals surface area contributed by atoms with Gasteiger partial charge in [-0.25, -0.2) is 13.2 Å². The van der Waals surface area contributed by atoms with Gasteiger partial charge in [-0.1, -0.05) is 32.8 Å². The van der Waals surface area contributed by atoms with Crippen LogP contribution in [0.15, 0.2) is 12.1 Å². The second-order valence-corrected chi connectivity index (χ2v) is 6.53. The van der Waals surface area contributed by atoms with Crippen LogP contribution in [-0.4, -0.2) is 0 Å². The van der Waals surface area contributed by atoms with Crippen LogP contribution in [-0.2, 0) is 0 Å². The highest BCUT2D eigenvalue weighted by Crippen LogP contribution is 2.51. The molecule has 0 spiro atoms. The Morgan fingerprint density at radius 2 is 1.76 bits per heavy atom. The molecule has 0 aromatic heterocycles. The lowest BCUT2D eigenvalue weighted by atomic mass is 9.70. The molecule has 1 fully saturated rings. The van der Waals surface area contributed by atoms with Gasteiger partial charge in [-0.3, -0.25) is 11.3 Å². The van der Waals surface area contributed by atoms with Crippen LogP contribution < -0.4 is 11.3 Å². The summed E-state index contributed by atoms with van der Waals surface area (Å²) in [5, 5.41) is 0. The van der Waals surface area contributed by atoms with Crippen molar-refractivity contribution in [2.75, 3.05) is 0 Å². The summed E-state index contributed by atoms with van der Waals surface area (Å²) in [5.41, 5.74) is 2.59. The third-order valence-electron chi connectivity index (χ3n) is 4.57. The van der Waals surface area contributed by atoms with Gasteiger partial charge in [0.1, 0.15) is 0 Å². The topological polar surface area (TPSA) is 38.0 Å². The minimum atomic E-state index is -1.43. The summed E-state index contributed by atoms with van der Waals surface area (Å²) in [4.78, 5) is 0. The van der Waals surface area contributed by atoms with Gasteiger partial charge in [-0.05, 0) is 36.7 Å². The van der Waals surface area contributed by atoms with Crippen molar-refractivity contribution >= 4 is 0 Å². The maximum absolute atomic E-state index is 14.1. The summed E-state index contributed by atoms with van der Waals surface area (Å²) in [6.45, 7) is 4.21. The smallest absolute Gasteiger partial charge is 0.194 e. The Kier molecular flexibility index (Phi) is 4.94. The van der Waals surface area contributed by atoms with Gasteiger partial charge in [0.2, 0.25) is 0 Å². The first kappa shape index (κ1) is 16.3. The number of benzene rings is 1. The number of rotatable bonds is 5. The number of hydrazine groups is 1. The molecule has 21 heavy (non-hydrogen) atoms. The van der Waals surface area contributed by atoms with Gasteiger partial charge in [0, 0.05) is 5.56 Å². The number of hydrogen-bond acceptors (Lipinski definition) is 2. The second kappa shape index (κ2) is 6.36. The highest BCUT2D eigenvalue weighted by Gasteiger charge is 2.43. The van der Waals surface area contributed by atoms with Crippen LogP contribution in [0.1, 0.15) is 57.6 Å². The molecule has 118 valence electrons. The Bertz CT molecular complexity index is 497. The Morgan fingerprint density at radius 3 is 2.29 bits per heavy atom. The molecular formula is C16H23F3N2. The molecule has 0 amide bonds. The molecule has 5 heteroatoms. The van der Waals surface area contributed by atoms with Crippen molar-refractivity contribution in [3.05, 3.63) is 35.1 Å². The van der Waals surface area contributed by atoms with E-state index >= 15 is 0 Å². The zero-order valence-corrected chi connectivity index (χ0v) is 12.6. The van der Waals surface area contributed by atoms with Gasteiger partial charge < -0.3 is 0 Å². The first-order valence-electron chi connectivity index (χ1n) is 7.51. The van der Waals surface area contributed by atoms with E-state index in [4.69, 9.17) is 5.84 Å². The van der Waals surface area contributed by atoms with E-state index in [9.17, 15) is 13.2 Å². The number of halogens is 3. The lowest BCUT2D eigenvalue weighted by Crippen LogP contribution is -2.41. The van der Waals surface area contributed by atoms with Crippen molar-refractivity contribution in [3.63, 3.8) is 0 Å². The highest BCUT2D eigenvalue weighted by atomic mass is 19.2. The predicted molar refractivity (Wildman–Crippen MR) is 76.7 cm³/mol. The molecule has 1 unspecified atom stereocenters. The summed E-state index contributed by atoms with van der Waals surface area (Å²) in [6.07, 6.45) is 4.81. The SMILES string of the molecule is CC(C)CC1(C(NN)c2ccc(F)c(F)c2F)CCCC1. The molecular weight excluding hydrogens is 277 g/mol. The van der Waals surface area contributed by atoms with Gasteiger partial charge in [0.25, 0.3) is 0 Å². The first-order chi connectivity index (χ1) is 9.91. The van der Waals surface area contributed by atoms with E-state index in [0.717, 1.165) is 38.2 Å². The molecule has 2 nitrogen and oxygen atoms in total. The van der Waals surface area contributed by atoms with Crippen LogP contribution >= 0.6 is 0 Å². The Labute approximate surface area is 123 Å². The fourth-order valence-corrected chi connectivity index (χ4v) is 3.86. The first-order valence-corrected chi connectivity index (χ1v) is 7.51. The van der Waals surface area contributed by atoms with Crippen molar-refractivity contribution in [1.82, 2.24) is 5.43 Å². The monoisotopic (exact) mass is 300 g/mol. The molecule has 1 aromatic rings. The zero-order chi connectivity index (χ0) is 15.6. The largest absolute Gasteiger partial charge is 0.271 e. The van der Waals surface area contributed by atoms with Gasteiger partial charge in [-0.2, -0.15) is 0 Å². The van der Waals surface area contributed by atoms with E-state index in [2.05, 4.69) is 19.3 Å². The summed E-state index contributed by atoms with van der Waals surface area (Å²) in [6, 6.07) is 1.77. The Hall–Kier alpha value is -1.07. The van der Waals surface area contributed by atoms with Crippen LogP contribution in [0.25, 0.3) is 0 Å². The maximum atomic E-state index is 14.1. The average Bonchev–Trinajstić information content (AvgIpc) is 2.88. The summed E-state index contributed by atoms with van der Waals surface area (Å²) in [5.74, 6) is 2.37. The van der Waals surface area contributed by atoms with E-state index in [1.54, 1.807) is 0 Å². The molecule has 0 radical (unpaired) electrons. The zero-order valence-electron chi connectivity index (χ0n) is 12.6. The maximum Gasteiger partial charge on any atom is 0.194 e. The van der Waals surface area contributed by atoms with Crippen LogP contribution in [0.5, 0.6) is 0 Å². The van der Waals surface area contributed by atoms with Gasteiger partial charge in [0.05, 0.1) is 6.04 Å². The molecule has 1 aromatic carbocycles. The molecule has 0 aliphatic heterocycles. The quantitative estimate of drug-likeness (QED) is 0.485. The van der Waals surface area contributed by atoms with Crippen molar-refractivity contribution in [3.8, 4) is 0 Å². The lowest BCUT2D eigenvalue weighted by Gasteiger charge is -2.39. The summed E-state index contributed by atoms with van der Waals surface area (Å²) in [7, 11) is 0. The van der Waals surface area contributed by atoms with Crippen LogP contribution in [0.2, 0.25) is 0 Å². The van der Waals surface area contributed by atoms with E-state index < -0.39 is 23.5 Å². The molecule has 1 saturated carbocycles. The van der Waals surface area contributed by atoms with Crippen molar-refractivity contribution in [2.24, 2.45) is 17.2 Å². The fraction of sp³-hybridized carbons (Fsp3) is 0.625. The molecule has 0 bridgehead atoms. The fourth-order valence-electron chi connectivity index (χ4n) is 3.86. The molecule has 0 heterocycles. The van der Waals surface area contributed by atoms with E-state index in [-0.39, 0.29) is 11.0 Å². The molecule has 1 aliphatic rings. The number of hydrogen-bond donors (Lipinski definition) is 2. The van der Waals surface area contributed by atoms with Crippen molar-refractivity contribution in [2.45, 2.75) is 52.0 Å². The third-order valence-corrected chi connectivity index (χ3v) is 4.57. The number of nitrogens with one attached hydrogen (secondary N) is 1. The van der Waals surface area contributed by atoms with Crippen LogP contribution in [0.4, 0.5) is 13.2 Å². The molecule has 3 N–H and O–H groups in total. The van der Waals surface area contributed by atoms with Gasteiger partial charge >= 0.3 is 0 Å². The molecule has 2 rings (SSSR count). The number of nitrogens with two attached hydrogens (primary N) is 1. The van der Waals surface area contributed by atoms with Gasteiger partial charge in [-0.15, -0.1) is 0 Å². The van der Waals surface area contributed by atoms with Crippen molar-refractivity contribution < 1.29 is 13.2 Å². The Balaban J connectivity index is 2.44. The van der Waals surface area contributed by atoms with E-state index in [1.807, 2.05) is 0 Å². The minimum Gasteiger partial charge on any atom is -0.271 e. The standard InChI is InChI=1S/C16H23F3N2/c1-10(2)9-16(7-3-4-8-16)15(21-20)11-5-6-12(17)14(19)13(11)18/h5-6,10,15,21H,3-4,7-9,20H2,1-2H3. The van der Waals surface area contributed by atoms with Crippen LogP contribution in [0, 0.1) is 28.8 Å². The predicted octanol–water partition coefficient (Wildman–Crippen LogP) is 4.21. The molecule has 1 aliphatic carbocycles. The van der Waals surface area contributed by atoms with E-state index in [0.29, 0.717) is 5.92 Å². The van der Waals surface area contributed by atoms with Crippen LogP contribution in [0.3, 0.4) is 0 Å². The van der Waals surface area contributed by atoms with Gasteiger partial charge in [0.15, 0.2) is 17.5 Å². The second-order valence-electron chi connectivity index (χ2n) is 6.53. The average molecular weight is 300 g/mol. The summed E-state index contributed by atoms with van der Waals surface area (Å²) >= 11 is 0. The molecule has 1 atom stereocenters. The van der Waals surface area contributed by atoms with Crippen molar-refractivity contribution in [1.29, 1.82) is 0 Å². The van der Waals surface area contributed by atoms with E-state index in [1.165, 1.54) is 6.07 Å². The highest BCUT2D eigenvalue weighted by molar-refractivity contribution is 5.26. The third kappa shape index (κ3) is 3.09. The summed E-state index contributed by atoms with van der Waals surface area (Å²) < 4.78 is 40.8. The Morgan fingerprint density at radius 1 is 1.14 bits per heavy atom. The molecule has 0 saturated heterocycles. The lowest BCUT2D eigenvalue weighted by molar-refractivity contribution is 0.152. The normalized spacial score (nSPS) is 19.2.